The summed E-state index contributed by atoms with van der Waals surface area (Å²) in [4.78, 5) is 16.3. The summed E-state index contributed by atoms with van der Waals surface area (Å²) in [5.41, 5.74) is -0.977. The van der Waals surface area contributed by atoms with Crippen molar-refractivity contribution in [3.63, 3.8) is 0 Å². The van der Waals surface area contributed by atoms with Gasteiger partial charge in [-0.2, -0.15) is 0 Å². The normalized spacial score (nSPS) is 13.9. The fourth-order valence-electron chi connectivity index (χ4n) is 1.57. The molecule has 0 saturated carbocycles. The van der Waals surface area contributed by atoms with Crippen LogP contribution in [0.3, 0.4) is 0 Å². The number of nitrogens with one attached hydrogen (secondary N) is 1. The van der Waals surface area contributed by atoms with Crippen LogP contribution in [0.4, 0.5) is 4.39 Å². The van der Waals surface area contributed by atoms with E-state index in [1.54, 1.807) is 0 Å². The number of hydrogen-bond donors (Lipinski definition) is 2. The van der Waals surface area contributed by atoms with E-state index in [4.69, 9.17) is 0 Å². The van der Waals surface area contributed by atoms with Crippen LogP contribution in [0.25, 0.3) is 0 Å². The van der Waals surface area contributed by atoms with Gasteiger partial charge < -0.3 is 0 Å². The molecule has 1 unspecified atom stereocenters. The van der Waals surface area contributed by atoms with Gasteiger partial charge in [0.15, 0.2) is 0 Å². The van der Waals surface area contributed by atoms with Crippen LogP contribution < -0.4 is 9.67 Å². The van der Waals surface area contributed by atoms with Gasteiger partial charge in [-0.05, 0) is 0 Å². The Labute approximate surface area is 139 Å². The van der Waals surface area contributed by atoms with Crippen molar-refractivity contribution in [3.8, 4) is 0 Å². The number of aliphatic hydroxyl groups is 1. The Morgan fingerprint density at radius 3 is 2.71 bits per heavy atom. The van der Waals surface area contributed by atoms with Crippen molar-refractivity contribution < 1.29 is 14.3 Å². The molecule has 1 heterocycles. The van der Waals surface area contributed by atoms with Crippen molar-refractivity contribution >= 4 is 41.9 Å². The molecule has 0 aliphatic rings. The van der Waals surface area contributed by atoms with Crippen LogP contribution in [0.1, 0.15) is 38.1 Å². The van der Waals surface area contributed by atoms with Crippen LogP contribution in [-0.4, -0.2) is 50.1 Å². The molecule has 118 valence electrons. The number of carbonyl (C=O) groups is 1. The predicted molar refractivity (Wildman–Crippen MR) is 87.3 cm³/mol. The molecule has 4 nitrogen and oxygen atoms in total. The van der Waals surface area contributed by atoms with Gasteiger partial charge >= 0.3 is 140 Å². The number of rotatable bonds is 6. The number of nitrogens with zero attached hydrogens (tertiary/aromatic N) is 1. The van der Waals surface area contributed by atoms with Crippen molar-refractivity contribution in [2.75, 3.05) is 6.54 Å². The average molecular weight is 423 g/mol. The number of pyridine rings is 1. The number of alkyl halides is 1. The fraction of sp³-hybridized carbons (Fsp3) is 0.571. The average Bonchev–Trinajstić information content (AvgIpc) is 2.33. The van der Waals surface area contributed by atoms with Gasteiger partial charge in [0.05, 0.1) is 0 Å². The molecule has 1 aromatic rings. The van der Waals surface area contributed by atoms with Crippen LogP contribution in [0.5, 0.6) is 0 Å². The van der Waals surface area contributed by atoms with E-state index in [0.717, 1.165) is 4.35 Å². The summed E-state index contributed by atoms with van der Waals surface area (Å²) in [6.45, 7) is 6.76. The van der Waals surface area contributed by atoms with E-state index in [1.807, 2.05) is 6.07 Å². The molecule has 21 heavy (non-hydrogen) atoms. The third-order valence-electron chi connectivity index (χ3n) is 2.77. The fourth-order valence-corrected chi connectivity index (χ4v) is 4.81. The molecule has 0 bridgehead atoms. The summed E-state index contributed by atoms with van der Waals surface area (Å²) in [6.07, 6.45) is -0.00719. The third-order valence-corrected chi connectivity index (χ3v) is 5.93. The Hall–Kier alpha value is -0.452. The van der Waals surface area contributed by atoms with E-state index in [-0.39, 0.29) is 12.5 Å². The van der Waals surface area contributed by atoms with E-state index < -0.39 is 27.5 Å². The van der Waals surface area contributed by atoms with Crippen LogP contribution >= 0.6 is 15.9 Å². The molecule has 0 fully saturated rings. The zero-order chi connectivity index (χ0) is 16.2. The van der Waals surface area contributed by atoms with E-state index in [9.17, 15) is 14.3 Å². The molecule has 0 spiro atoms. The summed E-state index contributed by atoms with van der Waals surface area (Å²) in [5.74, 6) is -0.346. The van der Waals surface area contributed by atoms with Crippen molar-refractivity contribution in [3.05, 3.63) is 22.4 Å². The molecular weight excluding hydrogens is 402 g/mol. The molecule has 0 radical (unpaired) electrons. The van der Waals surface area contributed by atoms with E-state index in [2.05, 4.69) is 40.1 Å². The maximum absolute atomic E-state index is 13.7. The van der Waals surface area contributed by atoms with Crippen LogP contribution in [-0.2, 0) is 0 Å². The molecular formula is C14H21AsBrFN2O2. The van der Waals surface area contributed by atoms with Gasteiger partial charge in [0.25, 0.3) is 0 Å². The number of halogens is 2. The molecule has 0 aliphatic heterocycles. The minimum absolute atomic E-state index is 0.223. The van der Waals surface area contributed by atoms with E-state index in [0.29, 0.717) is 14.9 Å². The second-order valence-electron chi connectivity index (χ2n) is 5.68. The standard InChI is InChI=1S/C14H21AsBrFN2O2/c1-8(2)15-10-5-12(16)18-6-9(10)13(20)19-7-11(17)14(3,4)21/h5-6,8,11,15,21H,7H2,1-4H3,(H,19,20)/t11-/m1/s1. The molecule has 0 aromatic carbocycles. The topological polar surface area (TPSA) is 62.2 Å². The first-order valence-electron chi connectivity index (χ1n) is 6.68. The summed E-state index contributed by atoms with van der Waals surface area (Å²) >= 11 is 2.83. The quantitative estimate of drug-likeness (QED) is 0.540. The number of aromatic nitrogens is 1. The van der Waals surface area contributed by atoms with Crippen molar-refractivity contribution in [1.29, 1.82) is 0 Å². The second kappa shape index (κ2) is 7.70. The molecule has 1 rings (SSSR count). The Balaban J connectivity index is 2.82. The summed E-state index contributed by atoms with van der Waals surface area (Å²) in [7, 11) is 0. The molecule has 0 saturated heterocycles. The summed E-state index contributed by atoms with van der Waals surface area (Å²) in [6, 6.07) is 1.86. The van der Waals surface area contributed by atoms with E-state index >= 15 is 0 Å². The van der Waals surface area contributed by atoms with Gasteiger partial charge in [-0.1, -0.05) is 0 Å². The summed E-state index contributed by atoms with van der Waals surface area (Å²) in [5, 5.41) is 12.1. The molecule has 2 N–H and O–H groups in total. The first-order valence-corrected chi connectivity index (χ1v) is 9.73. The molecule has 2 atom stereocenters. The summed E-state index contributed by atoms with van der Waals surface area (Å²) < 4.78 is 15.9. The SMILES string of the molecule is CC(C)[AsH]c1cc(Br)ncc1C(=O)NC[C@@H](F)C(C)(C)O. The Morgan fingerprint density at radius 1 is 1.57 bits per heavy atom. The molecule has 0 aliphatic carbocycles. The van der Waals surface area contributed by atoms with Crippen LogP contribution in [0.15, 0.2) is 16.9 Å². The van der Waals surface area contributed by atoms with Gasteiger partial charge in [0.1, 0.15) is 0 Å². The minimum atomic E-state index is -1.52. The Bertz CT molecular complexity index is 506. The van der Waals surface area contributed by atoms with Crippen molar-refractivity contribution in [1.82, 2.24) is 10.3 Å². The number of hydrogen-bond acceptors (Lipinski definition) is 3. The van der Waals surface area contributed by atoms with Crippen molar-refractivity contribution in [2.24, 2.45) is 0 Å². The molecule has 1 amide bonds. The second-order valence-corrected chi connectivity index (χ2v) is 10.7. The van der Waals surface area contributed by atoms with Gasteiger partial charge in [0, 0.05) is 0 Å². The third kappa shape index (κ3) is 6.05. The number of carbonyl (C=O) groups excluding carboxylic acids is 1. The molecule has 1 aromatic heterocycles. The maximum atomic E-state index is 13.7. The Morgan fingerprint density at radius 2 is 2.19 bits per heavy atom. The van der Waals surface area contributed by atoms with Gasteiger partial charge in [-0.15, -0.1) is 0 Å². The van der Waals surface area contributed by atoms with E-state index in [1.165, 1.54) is 20.0 Å². The zero-order valence-electron chi connectivity index (χ0n) is 12.6. The first-order chi connectivity index (χ1) is 9.61. The first kappa shape index (κ1) is 18.6. The monoisotopic (exact) mass is 422 g/mol. The van der Waals surface area contributed by atoms with Gasteiger partial charge in [-0.3, -0.25) is 0 Å². The zero-order valence-corrected chi connectivity index (χ0v) is 16.3. The number of amides is 1. The van der Waals surface area contributed by atoms with Crippen molar-refractivity contribution in [2.45, 2.75) is 44.2 Å². The van der Waals surface area contributed by atoms with Crippen LogP contribution in [0.2, 0.25) is 4.71 Å². The molecule has 7 heteroatoms. The van der Waals surface area contributed by atoms with Gasteiger partial charge in [0.2, 0.25) is 0 Å². The van der Waals surface area contributed by atoms with Crippen LogP contribution in [0, 0.1) is 0 Å². The van der Waals surface area contributed by atoms with Gasteiger partial charge in [-0.25, -0.2) is 0 Å². The predicted octanol–water partition coefficient (Wildman–Crippen LogP) is 1.57. The Kier molecular flexibility index (Phi) is 6.82.